The van der Waals surface area contributed by atoms with Gasteiger partial charge in [-0.15, -0.1) is 0 Å². The SMILES string of the molecule is C[C@@H](CC(=O)N1CC[C@@H](C(N)=O)C1)c1cccc(C(F)(F)F)c1. The van der Waals surface area contributed by atoms with E-state index in [2.05, 4.69) is 0 Å². The van der Waals surface area contributed by atoms with E-state index in [4.69, 9.17) is 5.73 Å². The molecule has 0 aliphatic carbocycles. The summed E-state index contributed by atoms with van der Waals surface area (Å²) in [6, 6.07) is 5.02. The van der Waals surface area contributed by atoms with Gasteiger partial charge in [0.25, 0.3) is 0 Å². The topological polar surface area (TPSA) is 63.4 Å². The molecular formula is C16H19F3N2O2. The largest absolute Gasteiger partial charge is 0.416 e. The molecule has 2 amide bonds. The zero-order valence-corrected chi connectivity index (χ0v) is 12.8. The van der Waals surface area contributed by atoms with E-state index in [1.54, 1.807) is 17.9 Å². The number of carbonyl (C=O) groups is 2. The number of hydrogen-bond donors (Lipinski definition) is 1. The van der Waals surface area contributed by atoms with Crippen molar-refractivity contribution < 1.29 is 22.8 Å². The molecule has 7 heteroatoms. The molecule has 4 nitrogen and oxygen atoms in total. The van der Waals surface area contributed by atoms with Crippen molar-refractivity contribution in [3.63, 3.8) is 0 Å². The summed E-state index contributed by atoms with van der Waals surface area (Å²) < 4.78 is 38.2. The molecule has 0 saturated carbocycles. The molecular weight excluding hydrogens is 309 g/mol. The van der Waals surface area contributed by atoms with Crippen LogP contribution in [0.4, 0.5) is 13.2 Å². The fraction of sp³-hybridized carbons (Fsp3) is 0.500. The molecule has 0 spiro atoms. The zero-order valence-electron chi connectivity index (χ0n) is 12.8. The minimum atomic E-state index is -4.40. The van der Waals surface area contributed by atoms with Gasteiger partial charge in [-0.05, 0) is 24.0 Å². The van der Waals surface area contributed by atoms with Gasteiger partial charge in [-0.2, -0.15) is 13.2 Å². The molecule has 126 valence electrons. The van der Waals surface area contributed by atoms with Gasteiger partial charge < -0.3 is 10.6 Å². The van der Waals surface area contributed by atoms with Crippen LogP contribution in [0.15, 0.2) is 24.3 Å². The average Bonchev–Trinajstić information content (AvgIpc) is 2.96. The van der Waals surface area contributed by atoms with Crippen LogP contribution in [-0.2, 0) is 15.8 Å². The van der Waals surface area contributed by atoms with Crippen LogP contribution in [0.5, 0.6) is 0 Å². The van der Waals surface area contributed by atoms with Crippen LogP contribution < -0.4 is 5.73 Å². The van der Waals surface area contributed by atoms with E-state index in [1.807, 2.05) is 0 Å². The van der Waals surface area contributed by atoms with Crippen molar-refractivity contribution in [2.24, 2.45) is 11.7 Å². The van der Waals surface area contributed by atoms with Crippen LogP contribution >= 0.6 is 0 Å². The molecule has 23 heavy (non-hydrogen) atoms. The Morgan fingerprint density at radius 2 is 2.09 bits per heavy atom. The molecule has 0 bridgehead atoms. The van der Waals surface area contributed by atoms with Gasteiger partial charge in [-0.25, -0.2) is 0 Å². The fourth-order valence-electron chi connectivity index (χ4n) is 2.75. The number of nitrogens with zero attached hydrogens (tertiary/aromatic N) is 1. The Hall–Kier alpha value is -2.05. The predicted molar refractivity (Wildman–Crippen MR) is 78.4 cm³/mol. The minimum absolute atomic E-state index is 0.104. The van der Waals surface area contributed by atoms with Gasteiger partial charge in [0.15, 0.2) is 0 Å². The number of primary amides is 1. The smallest absolute Gasteiger partial charge is 0.369 e. The van der Waals surface area contributed by atoms with E-state index in [9.17, 15) is 22.8 Å². The van der Waals surface area contributed by atoms with Gasteiger partial charge >= 0.3 is 6.18 Å². The Morgan fingerprint density at radius 3 is 2.65 bits per heavy atom. The summed E-state index contributed by atoms with van der Waals surface area (Å²) in [5.41, 5.74) is 4.98. The van der Waals surface area contributed by atoms with Crippen molar-refractivity contribution in [1.29, 1.82) is 0 Å². The highest BCUT2D eigenvalue weighted by Crippen LogP contribution is 2.32. The molecule has 2 rings (SSSR count). The normalized spacial score (nSPS) is 19.7. The van der Waals surface area contributed by atoms with E-state index in [0.29, 0.717) is 25.1 Å². The lowest BCUT2D eigenvalue weighted by molar-refractivity contribution is -0.137. The monoisotopic (exact) mass is 328 g/mol. The van der Waals surface area contributed by atoms with E-state index < -0.39 is 17.6 Å². The summed E-state index contributed by atoms with van der Waals surface area (Å²) in [4.78, 5) is 24.9. The molecule has 1 aliphatic rings. The van der Waals surface area contributed by atoms with Crippen LogP contribution in [0, 0.1) is 5.92 Å². The predicted octanol–water partition coefficient (Wildman–Crippen LogP) is 2.53. The summed E-state index contributed by atoms with van der Waals surface area (Å²) in [7, 11) is 0. The van der Waals surface area contributed by atoms with Gasteiger partial charge in [0, 0.05) is 19.5 Å². The van der Waals surface area contributed by atoms with Crippen molar-refractivity contribution in [2.75, 3.05) is 13.1 Å². The number of alkyl halides is 3. The van der Waals surface area contributed by atoms with Gasteiger partial charge in [0.05, 0.1) is 11.5 Å². The van der Waals surface area contributed by atoms with Crippen molar-refractivity contribution in [1.82, 2.24) is 4.90 Å². The Labute approximate surface area is 132 Å². The van der Waals surface area contributed by atoms with E-state index in [0.717, 1.165) is 12.1 Å². The number of likely N-dealkylation sites (tertiary alicyclic amines) is 1. The number of halogens is 3. The Morgan fingerprint density at radius 1 is 1.39 bits per heavy atom. The Balaban J connectivity index is 2.01. The number of nitrogens with two attached hydrogens (primary N) is 1. The fourth-order valence-corrected chi connectivity index (χ4v) is 2.75. The maximum Gasteiger partial charge on any atom is 0.416 e. The van der Waals surface area contributed by atoms with Gasteiger partial charge in [0.1, 0.15) is 0 Å². The molecule has 1 saturated heterocycles. The number of hydrogen-bond acceptors (Lipinski definition) is 2. The Bertz CT molecular complexity index is 601. The molecule has 0 unspecified atom stereocenters. The van der Waals surface area contributed by atoms with Gasteiger partial charge in [-0.1, -0.05) is 25.1 Å². The second kappa shape index (κ2) is 6.60. The summed E-state index contributed by atoms with van der Waals surface area (Å²) in [6.45, 7) is 2.47. The number of carbonyl (C=O) groups excluding carboxylic acids is 2. The summed E-state index contributed by atoms with van der Waals surface area (Å²) in [6.07, 6.45) is -3.75. The second-order valence-corrected chi connectivity index (χ2v) is 5.96. The first-order valence-corrected chi connectivity index (χ1v) is 7.42. The highest BCUT2D eigenvalue weighted by atomic mass is 19.4. The molecule has 1 fully saturated rings. The summed E-state index contributed by atoms with van der Waals surface area (Å²) >= 11 is 0. The number of benzene rings is 1. The first-order chi connectivity index (χ1) is 10.7. The lowest BCUT2D eigenvalue weighted by Crippen LogP contribution is -2.32. The van der Waals surface area contributed by atoms with Crippen LogP contribution in [0.2, 0.25) is 0 Å². The third-order valence-corrected chi connectivity index (χ3v) is 4.21. The van der Waals surface area contributed by atoms with Crippen LogP contribution in [0.25, 0.3) is 0 Å². The minimum Gasteiger partial charge on any atom is -0.369 e. The third kappa shape index (κ3) is 4.24. The zero-order chi connectivity index (χ0) is 17.2. The summed E-state index contributed by atoms with van der Waals surface area (Å²) in [5.74, 6) is -1.26. The molecule has 2 atom stereocenters. The van der Waals surface area contributed by atoms with Gasteiger partial charge in [0.2, 0.25) is 11.8 Å². The number of amides is 2. The van der Waals surface area contributed by atoms with Crippen molar-refractivity contribution >= 4 is 11.8 Å². The quantitative estimate of drug-likeness (QED) is 0.923. The molecule has 0 aromatic heterocycles. The molecule has 1 aromatic carbocycles. The maximum atomic E-state index is 12.7. The third-order valence-electron chi connectivity index (χ3n) is 4.21. The lowest BCUT2D eigenvalue weighted by atomic mass is 9.95. The van der Waals surface area contributed by atoms with Crippen LogP contribution in [0.3, 0.4) is 0 Å². The van der Waals surface area contributed by atoms with E-state index in [1.165, 1.54) is 6.07 Å². The van der Waals surface area contributed by atoms with E-state index >= 15 is 0 Å². The number of rotatable bonds is 4. The molecule has 2 N–H and O–H groups in total. The average molecular weight is 328 g/mol. The lowest BCUT2D eigenvalue weighted by Gasteiger charge is -2.19. The van der Waals surface area contributed by atoms with Gasteiger partial charge in [-0.3, -0.25) is 9.59 Å². The Kier molecular flexibility index (Phi) is 4.97. The standard InChI is InChI=1S/C16H19F3N2O2/c1-10(11-3-2-4-13(8-11)16(17,18)19)7-14(22)21-6-5-12(9-21)15(20)23/h2-4,8,10,12H,5-7,9H2,1H3,(H2,20,23)/t10-,12+/m0/s1. The van der Waals surface area contributed by atoms with Crippen LogP contribution in [-0.4, -0.2) is 29.8 Å². The van der Waals surface area contributed by atoms with Crippen molar-refractivity contribution in [3.8, 4) is 0 Å². The maximum absolute atomic E-state index is 12.7. The van der Waals surface area contributed by atoms with Crippen molar-refractivity contribution in [3.05, 3.63) is 35.4 Å². The summed E-state index contributed by atoms with van der Waals surface area (Å²) in [5, 5.41) is 0. The second-order valence-electron chi connectivity index (χ2n) is 5.96. The molecule has 0 radical (unpaired) electrons. The first kappa shape index (κ1) is 17.3. The van der Waals surface area contributed by atoms with E-state index in [-0.39, 0.29) is 24.2 Å². The highest BCUT2D eigenvalue weighted by Gasteiger charge is 2.32. The highest BCUT2D eigenvalue weighted by molar-refractivity contribution is 5.81. The van der Waals surface area contributed by atoms with Crippen molar-refractivity contribution in [2.45, 2.75) is 31.9 Å². The molecule has 1 aromatic rings. The first-order valence-electron chi connectivity index (χ1n) is 7.42. The molecule has 1 aliphatic heterocycles. The van der Waals surface area contributed by atoms with Crippen LogP contribution in [0.1, 0.15) is 36.8 Å². The molecule has 1 heterocycles.